The first-order valence-electron chi connectivity index (χ1n) is 6.51. The second-order valence-corrected chi connectivity index (χ2v) is 4.88. The smallest absolute Gasteiger partial charge is 0.0428 e. The third-order valence-corrected chi connectivity index (χ3v) is 3.49. The highest BCUT2D eigenvalue weighted by Gasteiger charge is 2.22. The lowest BCUT2D eigenvalue weighted by atomic mass is 10.1. The molecule has 1 aromatic rings. The highest BCUT2D eigenvalue weighted by Crippen LogP contribution is 2.21. The lowest BCUT2D eigenvalue weighted by Crippen LogP contribution is -2.41. The average Bonchev–Trinajstić information content (AvgIpc) is 2.52. The highest BCUT2D eigenvalue weighted by molar-refractivity contribution is 5.47. The second-order valence-electron chi connectivity index (χ2n) is 4.88. The number of hydrogen-bond acceptors (Lipinski definition) is 3. The zero-order valence-electron chi connectivity index (χ0n) is 10.7. The van der Waals surface area contributed by atoms with Crippen molar-refractivity contribution in [3.63, 3.8) is 0 Å². The maximum atomic E-state index is 5.75. The van der Waals surface area contributed by atoms with Gasteiger partial charge in [0.1, 0.15) is 0 Å². The first kappa shape index (κ1) is 12.4. The van der Waals surface area contributed by atoms with Crippen molar-refractivity contribution in [3.8, 4) is 0 Å². The topological polar surface area (TPSA) is 32.5 Å². The van der Waals surface area contributed by atoms with Gasteiger partial charge in [-0.25, -0.2) is 0 Å². The molecular formula is C14H23N3. The number of likely N-dealkylation sites (N-methyl/N-ethyl adjacent to an activating group) is 1. The number of benzene rings is 1. The van der Waals surface area contributed by atoms with Gasteiger partial charge in [-0.3, -0.25) is 0 Å². The Morgan fingerprint density at radius 2 is 2.00 bits per heavy atom. The van der Waals surface area contributed by atoms with Gasteiger partial charge in [0.25, 0.3) is 0 Å². The summed E-state index contributed by atoms with van der Waals surface area (Å²) in [5.41, 5.74) is 7.09. The molecule has 1 aliphatic rings. The number of nitrogens with two attached hydrogens (primary N) is 1. The molecule has 1 saturated heterocycles. The summed E-state index contributed by atoms with van der Waals surface area (Å²) >= 11 is 0. The summed E-state index contributed by atoms with van der Waals surface area (Å²) < 4.78 is 0. The van der Waals surface area contributed by atoms with Gasteiger partial charge in [-0.1, -0.05) is 18.2 Å². The van der Waals surface area contributed by atoms with E-state index in [0.717, 1.165) is 26.1 Å². The van der Waals surface area contributed by atoms with Crippen molar-refractivity contribution in [1.82, 2.24) is 4.90 Å². The molecule has 1 fully saturated rings. The van der Waals surface area contributed by atoms with E-state index in [4.69, 9.17) is 5.73 Å². The molecule has 1 aromatic carbocycles. The zero-order chi connectivity index (χ0) is 12.1. The van der Waals surface area contributed by atoms with E-state index in [1.807, 2.05) is 0 Å². The van der Waals surface area contributed by atoms with Crippen LogP contribution >= 0.6 is 0 Å². The fourth-order valence-corrected chi connectivity index (χ4v) is 2.64. The fourth-order valence-electron chi connectivity index (χ4n) is 2.64. The molecule has 3 heteroatoms. The van der Waals surface area contributed by atoms with Crippen molar-refractivity contribution in [2.75, 3.05) is 38.1 Å². The molecule has 0 radical (unpaired) electrons. The molecule has 3 nitrogen and oxygen atoms in total. The summed E-state index contributed by atoms with van der Waals surface area (Å²) in [7, 11) is 2.21. The Labute approximate surface area is 104 Å². The largest absolute Gasteiger partial charge is 0.367 e. The monoisotopic (exact) mass is 233 g/mol. The molecule has 17 heavy (non-hydrogen) atoms. The predicted octanol–water partition coefficient (Wildman–Crippen LogP) is 1.55. The van der Waals surface area contributed by atoms with Gasteiger partial charge in [0.15, 0.2) is 0 Å². The lowest BCUT2D eigenvalue weighted by molar-refractivity contribution is 0.326. The third-order valence-electron chi connectivity index (χ3n) is 3.49. The quantitative estimate of drug-likeness (QED) is 0.859. The van der Waals surface area contributed by atoms with E-state index in [1.54, 1.807) is 0 Å². The molecule has 1 aliphatic heterocycles. The van der Waals surface area contributed by atoms with Gasteiger partial charge < -0.3 is 15.5 Å². The van der Waals surface area contributed by atoms with Crippen molar-refractivity contribution in [2.45, 2.75) is 18.9 Å². The summed E-state index contributed by atoms with van der Waals surface area (Å²) in [6.07, 6.45) is 2.30. The van der Waals surface area contributed by atoms with Gasteiger partial charge in [0.2, 0.25) is 0 Å². The van der Waals surface area contributed by atoms with E-state index >= 15 is 0 Å². The van der Waals surface area contributed by atoms with E-state index in [2.05, 4.69) is 47.2 Å². The Morgan fingerprint density at radius 1 is 1.24 bits per heavy atom. The first-order chi connectivity index (χ1) is 8.31. The van der Waals surface area contributed by atoms with Gasteiger partial charge in [-0.05, 0) is 45.1 Å². The van der Waals surface area contributed by atoms with Crippen LogP contribution in [-0.4, -0.2) is 44.2 Å². The molecular weight excluding hydrogens is 210 g/mol. The molecule has 2 rings (SSSR count). The van der Waals surface area contributed by atoms with Crippen LogP contribution in [0.25, 0.3) is 0 Å². The molecule has 0 aliphatic carbocycles. The van der Waals surface area contributed by atoms with E-state index in [1.165, 1.54) is 18.7 Å². The standard InChI is InChI=1S/C14H23N3/c1-16-10-5-11-17(14(12-16)8-9-15)13-6-3-2-4-7-13/h2-4,6-7,14H,5,8-12,15H2,1H3. The molecule has 1 heterocycles. The zero-order valence-corrected chi connectivity index (χ0v) is 10.7. The number of anilines is 1. The van der Waals surface area contributed by atoms with Crippen LogP contribution in [0.4, 0.5) is 5.69 Å². The third kappa shape index (κ3) is 3.20. The Morgan fingerprint density at radius 3 is 2.71 bits per heavy atom. The normalized spacial score (nSPS) is 22.5. The van der Waals surface area contributed by atoms with Crippen LogP contribution < -0.4 is 10.6 Å². The van der Waals surface area contributed by atoms with Crippen LogP contribution in [0.1, 0.15) is 12.8 Å². The fraction of sp³-hybridized carbons (Fsp3) is 0.571. The van der Waals surface area contributed by atoms with Crippen LogP contribution in [-0.2, 0) is 0 Å². The van der Waals surface area contributed by atoms with Crippen LogP contribution in [0.15, 0.2) is 30.3 Å². The van der Waals surface area contributed by atoms with E-state index in [9.17, 15) is 0 Å². The van der Waals surface area contributed by atoms with Crippen molar-refractivity contribution in [3.05, 3.63) is 30.3 Å². The highest BCUT2D eigenvalue weighted by atomic mass is 15.2. The molecule has 0 aromatic heterocycles. The van der Waals surface area contributed by atoms with Crippen LogP contribution in [0, 0.1) is 0 Å². The second kappa shape index (κ2) is 6.03. The van der Waals surface area contributed by atoms with Gasteiger partial charge >= 0.3 is 0 Å². The molecule has 1 unspecified atom stereocenters. The van der Waals surface area contributed by atoms with Crippen molar-refractivity contribution in [1.29, 1.82) is 0 Å². The van der Waals surface area contributed by atoms with Crippen LogP contribution in [0.5, 0.6) is 0 Å². The Bertz CT molecular complexity index is 325. The van der Waals surface area contributed by atoms with Crippen molar-refractivity contribution in [2.24, 2.45) is 5.73 Å². The number of hydrogen-bond donors (Lipinski definition) is 1. The molecule has 0 spiro atoms. The molecule has 0 bridgehead atoms. The average molecular weight is 233 g/mol. The summed E-state index contributed by atoms with van der Waals surface area (Å²) in [5.74, 6) is 0. The first-order valence-corrected chi connectivity index (χ1v) is 6.51. The van der Waals surface area contributed by atoms with E-state index in [-0.39, 0.29) is 0 Å². The molecule has 2 N–H and O–H groups in total. The van der Waals surface area contributed by atoms with Gasteiger partial charge in [-0.2, -0.15) is 0 Å². The maximum absolute atomic E-state index is 5.75. The van der Waals surface area contributed by atoms with Crippen LogP contribution in [0.2, 0.25) is 0 Å². The molecule has 0 saturated carbocycles. The molecule has 94 valence electrons. The summed E-state index contributed by atoms with van der Waals surface area (Å²) in [6.45, 7) is 4.21. The maximum Gasteiger partial charge on any atom is 0.0428 e. The minimum absolute atomic E-state index is 0.551. The number of para-hydroxylation sites is 1. The van der Waals surface area contributed by atoms with E-state index < -0.39 is 0 Å². The summed E-state index contributed by atoms with van der Waals surface area (Å²) in [5, 5.41) is 0. The SMILES string of the molecule is CN1CCCN(c2ccccc2)C(CCN)C1. The van der Waals surface area contributed by atoms with Crippen molar-refractivity contribution >= 4 is 5.69 Å². The Balaban J connectivity index is 2.16. The molecule has 1 atom stereocenters. The summed E-state index contributed by atoms with van der Waals surface area (Å²) in [6, 6.07) is 11.3. The van der Waals surface area contributed by atoms with E-state index in [0.29, 0.717) is 6.04 Å². The lowest BCUT2D eigenvalue weighted by Gasteiger charge is -2.32. The predicted molar refractivity (Wildman–Crippen MR) is 73.4 cm³/mol. The van der Waals surface area contributed by atoms with Crippen molar-refractivity contribution < 1.29 is 0 Å². The van der Waals surface area contributed by atoms with Gasteiger partial charge in [0, 0.05) is 24.8 Å². The van der Waals surface area contributed by atoms with Crippen LogP contribution in [0.3, 0.4) is 0 Å². The number of rotatable bonds is 3. The minimum atomic E-state index is 0.551. The van der Waals surface area contributed by atoms with Gasteiger partial charge in [0.05, 0.1) is 0 Å². The van der Waals surface area contributed by atoms with Gasteiger partial charge in [-0.15, -0.1) is 0 Å². The Kier molecular flexibility index (Phi) is 4.40. The molecule has 0 amide bonds. The minimum Gasteiger partial charge on any atom is -0.367 e. The number of nitrogens with zero attached hydrogens (tertiary/aromatic N) is 2. The Hall–Kier alpha value is -1.06. The summed E-state index contributed by atoms with van der Waals surface area (Å²) in [4.78, 5) is 4.94.